The number of hydrogen-bond acceptors (Lipinski definition) is 4. The third-order valence-corrected chi connectivity index (χ3v) is 5.38. The zero-order valence-corrected chi connectivity index (χ0v) is 19.4. The van der Waals surface area contributed by atoms with Crippen molar-refractivity contribution >= 4 is 23.0 Å². The molecule has 1 aromatic heterocycles. The zero-order valence-electron chi connectivity index (χ0n) is 18.6. The van der Waals surface area contributed by atoms with Crippen molar-refractivity contribution in [1.29, 1.82) is 0 Å². The summed E-state index contributed by atoms with van der Waals surface area (Å²) in [5, 5.41) is 4.11. The first kappa shape index (κ1) is 22.6. The molecule has 0 aliphatic heterocycles. The van der Waals surface area contributed by atoms with Crippen LogP contribution in [0.5, 0.6) is 11.5 Å². The average molecular weight is 439 g/mol. The first-order valence-electron chi connectivity index (χ1n) is 10.3. The Morgan fingerprint density at radius 1 is 1.10 bits per heavy atom. The highest BCUT2D eigenvalue weighted by atomic mass is 32.1. The van der Waals surface area contributed by atoms with Gasteiger partial charge in [-0.05, 0) is 67.9 Å². The maximum atomic E-state index is 5.81. The minimum Gasteiger partial charge on any atom is -0.497 e. The van der Waals surface area contributed by atoms with Gasteiger partial charge in [-0.2, -0.15) is 0 Å². The van der Waals surface area contributed by atoms with E-state index >= 15 is 0 Å². The van der Waals surface area contributed by atoms with E-state index in [2.05, 4.69) is 51.8 Å². The van der Waals surface area contributed by atoms with Crippen LogP contribution in [0.2, 0.25) is 0 Å². The third kappa shape index (κ3) is 6.46. The number of anilines is 1. The molecule has 0 amide bonds. The van der Waals surface area contributed by atoms with Gasteiger partial charge in [0.1, 0.15) is 11.5 Å². The number of benzene rings is 2. The van der Waals surface area contributed by atoms with E-state index in [1.807, 2.05) is 30.7 Å². The molecule has 0 aliphatic rings. The monoisotopic (exact) mass is 438 g/mol. The Morgan fingerprint density at radius 2 is 1.87 bits per heavy atom. The summed E-state index contributed by atoms with van der Waals surface area (Å²) in [5.74, 6) is 1.55. The fraction of sp³-hybridized carbons (Fsp3) is 0.333. The predicted octanol–water partition coefficient (Wildman–Crippen LogP) is 4.81. The Hall–Kier alpha value is -3.06. The lowest BCUT2D eigenvalue weighted by Gasteiger charge is -2.27. The predicted molar refractivity (Wildman–Crippen MR) is 129 cm³/mol. The molecule has 0 radical (unpaired) electrons. The lowest BCUT2D eigenvalue weighted by molar-refractivity contribution is 0.366. The molecular formula is C24H30N4O2S. The quantitative estimate of drug-likeness (QED) is 0.484. The molecule has 3 rings (SSSR count). The molecule has 0 bridgehead atoms. The summed E-state index contributed by atoms with van der Waals surface area (Å²) in [7, 11) is 3.33. The molecule has 7 heteroatoms. The third-order valence-electron chi connectivity index (χ3n) is 5.02. The highest BCUT2D eigenvalue weighted by Gasteiger charge is 2.15. The number of methoxy groups -OCH3 is 2. The zero-order chi connectivity index (χ0) is 22.2. The van der Waals surface area contributed by atoms with Gasteiger partial charge in [0.2, 0.25) is 0 Å². The van der Waals surface area contributed by atoms with E-state index in [1.165, 1.54) is 11.1 Å². The van der Waals surface area contributed by atoms with Crippen LogP contribution in [0, 0.1) is 13.8 Å². The number of imidazole rings is 1. The van der Waals surface area contributed by atoms with Gasteiger partial charge < -0.3 is 24.3 Å². The van der Waals surface area contributed by atoms with Crippen LogP contribution in [0.25, 0.3) is 0 Å². The molecule has 0 spiro atoms. The normalized spacial score (nSPS) is 10.6. The molecule has 1 N–H and O–H groups in total. The summed E-state index contributed by atoms with van der Waals surface area (Å²) in [4.78, 5) is 6.29. The smallest absolute Gasteiger partial charge is 0.173 e. The lowest BCUT2D eigenvalue weighted by Crippen LogP contribution is -2.35. The fourth-order valence-corrected chi connectivity index (χ4v) is 3.83. The van der Waals surface area contributed by atoms with E-state index in [-0.39, 0.29) is 0 Å². The van der Waals surface area contributed by atoms with Crippen LogP contribution in [-0.4, -0.2) is 40.3 Å². The first-order valence-corrected chi connectivity index (χ1v) is 10.7. The van der Waals surface area contributed by atoms with Crippen molar-refractivity contribution in [3.05, 3.63) is 71.8 Å². The molecule has 0 aliphatic carbocycles. The maximum Gasteiger partial charge on any atom is 0.173 e. The minimum atomic E-state index is 0.633. The first-order chi connectivity index (χ1) is 15.0. The van der Waals surface area contributed by atoms with Crippen molar-refractivity contribution in [3.8, 4) is 11.5 Å². The van der Waals surface area contributed by atoms with E-state index in [9.17, 15) is 0 Å². The largest absolute Gasteiger partial charge is 0.497 e. The Labute approximate surface area is 189 Å². The summed E-state index contributed by atoms with van der Waals surface area (Å²) in [6.45, 7) is 6.48. The molecular weight excluding hydrogens is 408 g/mol. The molecule has 0 saturated carbocycles. The standard InChI is InChI=1S/C24H30N4O2S/c1-18-12-19(2)14-21(13-18)26-24(31)28(10-5-9-27-11-8-25-17-27)16-20-6-7-22(29-3)15-23(20)30-4/h6-8,11-15,17H,5,9-10,16H2,1-4H3,(H,26,31). The van der Waals surface area contributed by atoms with Crippen LogP contribution in [0.15, 0.2) is 55.1 Å². The van der Waals surface area contributed by atoms with Crippen molar-refractivity contribution in [2.45, 2.75) is 33.4 Å². The SMILES string of the molecule is COc1ccc(CN(CCCn2ccnc2)C(=S)Nc2cc(C)cc(C)c2)c(OC)c1. The summed E-state index contributed by atoms with van der Waals surface area (Å²) in [6.07, 6.45) is 6.54. The number of nitrogens with one attached hydrogen (secondary N) is 1. The van der Waals surface area contributed by atoms with Gasteiger partial charge in [-0.25, -0.2) is 4.98 Å². The number of aryl methyl sites for hydroxylation is 3. The van der Waals surface area contributed by atoms with Gasteiger partial charge in [-0.1, -0.05) is 6.07 Å². The molecule has 6 nitrogen and oxygen atoms in total. The Balaban J connectivity index is 1.77. The number of nitrogens with zero attached hydrogens (tertiary/aromatic N) is 3. The van der Waals surface area contributed by atoms with Gasteiger partial charge in [0.05, 0.1) is 20.5 Å². The number of hydrogen-bond donors (Lipinski definition) is 1. The van der Waals surface area contributed by atoms with Crippen LogP contribution in [0.4, 0.5) is 5.69 Å². The van der Waals surface area contributed by atoms with Gasteiger partial charge in [0.15, 0.2) is 5.11 Å². The van der Waals surface area contributed by atoms with Crippen molar-refractivity contribution in [3.63, 3.8) is 0 Å². The lowest BCUT2D eigenvalue weighted by atomic mass is 10.1. The number of thiocarbonyl (C=S) groups is 1. The molecule has 2 aromatic carbocycles. The van der Waals surface area contributed by atoms with E-state index in [1.54, 1.807) is 20.4 Å². The van der Waals surface area contributed by atoms with Crippen molar-refractivity contribution in [2.24, 2.45) is 0 Å². The van der Waals surface area contributed by atoms with Crippen LogP contribution in [0.3, 0.4) is 0 Å². The van der Waals surface area contributed by atoms with Crippen LogP contribution < -0.4 is 14.8 Å². The van der Waals surface area contributed by atoms with Crippen molar-refractivity contribution in [1.82, 2.24) is 14.5 Å². The average Bonchev–Trinajstić information content (AvgIpc) is 3.26. The van der Waals surface area contributed by atoms with Gasteiger partial charge in [0.25, 0.3) is 0 Å². The Morgan fingerprint density at radius 3 is 2.52 bits per heavy atom. The van der Waals surface area contributed by atoms with E-state index in [4.69, 9.17) is 21.7 Å². The van der Waals surface area contributed by atoms with Crippen molar-refractivity contribution < 1.29 is 9.47 Å². The Kier molecular flexibility index (Phi) is 7.89. The summed E-state index contributed by atoms with van der Waals surface area (Å²) >= 11 is 5.81. The maximum absolute atomic E-state index is 5.81. The van der Waals surface area contributed by atoms with Gasteiger partial charge in [-0.15, -0.1) is 0 Å². The van der Waals surface area contributed by atoms with Crippen molar-refractivity contribution in [2.75, 3.05) is 26.1 Å². The molecule has 0 fully saturated rings. The number of rotatable bonds is 9. The molecule has 1 heterocycles. The molecule has 0 atom stereocenters. The summed E-state index contributed by atoms with van der Waals surface area (Å²) in [6, 6.07) is 12.2. The highest BCUT2D eigenvalue weighted by molar-refractivity contribution is 7.80. The van der Waals surface area contributed by atoms with Crippen LogP contribution in [-0.2, 0) is 13.1 Å². The van der Waals surface area contributed by atoms with E-state index < -0.39 is 0 Å². The van der Waals surface area contributed by atoms with Gasteiger partial charge in [-0.3, -0.25) is 0 Å². The van der Waals surface area contributed by atoms with E-state index in [0.29, 0.717) is 11.7 Å². The van der Waals surface area contributed by atoms with Gasteiger partial charge >= 0.3 is 0 Å². The number of ether oxygens (including phenoxy) is 2. The second kappa shape index (κ2) is 10.8. The van der Waals surface area contributed by atoms with Crippen LogP contribution >= 0.6 is 12.2 Å². The summed E-state index contributed by atoms with van der Waals surface area (Å²) in [5.41, 5.74) is 4.46. The highest BCUT2D eigenvalue weighted by Crippen LogP contribution is 2.26. The molecule has 164 valence electrons. The molecule has 0 saturated heterocycles. The number of aromatic nitrogens is 2. The van der Waals surface area contributed by atoms with Crippen LogP contribution in [0.1, 0.15) is 23.1 Å². The second-order valence-corrected chi connectivity index (χ2v) is 7.95. The van der Waals surface area contributed by atoms with E-state index in [0.717, 1.165) is 42.3 Å². The Bertz CT molecular complexity index is 985. The summed E-state index contributed by atoms with van der Waals surface area (Å²) < 4.78 is 13.0. The second-order valence-electron chi connectivity index (χ2n) is 7.56. The topological polar surface area (TPSA) is 51.5 Å². The molecule has 31 heavy (non-hydrogen) atoms. The van der Waals surface area contributed by atoms with Gasteiger partial charge in [0, 0.05) is 49.3 Å². The molecule has 0 unspecified atom stereocenters. The fourth-order valence-electron chi connectivity index (χ4n) is 3.55. The minimum absolute atomic E-state index is 0.633. The molecule has 3 aromatic rings.